The normalized spacial score (nSPS) is 15.3. The van der Waals surface area contributed by atoms with Gasteiger partial charge in [-0.15, -0.1) is 0 Å². The van der Waals surface area contributed by atoms with Crippen LogP contribution in [0.5, 0.6) is 0 Å². The molecule has 0 aliphatic carbocycles. The number of benzene rings is 3. The maximum Gasteiger partial charge on any atom is 0.270 e. The Hall–Kier alpha value is -3.29. The number of aromatic nitrogens is 1. The second kappa shape index (κ2) is 8.33. The molecule has 158 valence electrons. The molecule has 2 heterocycles. The van der Waals surface area contributed by atoms with Crippen LogP contribution in [0.25, 0.3) is 17.0 Å². The molecule has 7 heteroatoms. The maximum absolute atomic E-state index is 14.3. The van der Waals surface area contributed by atoms with Gasteiger partial charge in [-0.05, 0) is 30.3 Å². The average molecular weight is 463 g/mol. The van der Waals surface area contributed by atoms with Crippen molar-refractivity contribution < 1.29 is 13.6 Å². The second-order valence-corrected chi connectivity index (χ2v) is 8.97. The second-order valence-electron chi connectivity index (χ2n) is 7.29. The van der Waals surface area contributed by atoms with Gasteiger partial charge in [-0.1, -0.05) is 72.5 Å². The van der Waals surface area contributed by atoms with Gasteiger partial charge in [0, 0.05) is 28.2 Å². The van der Waals surface area contributed by atoms with E-state index >= 15 is 0 Å². The van der Waals surface area contributed by atoms with Gasteiger partial charge in [-0.2, -0.15) is 0 Å². The van der Waals surface area contributed by atoms with Gasteiger partial charge in [-0.25, -0.2) is 8.78 Å². The number of thiocarbonyl (C=S) groups is 1. The Kier molecular flexibility index (Phi) is 5.36. The predicted molar refractivity (Wildman–Crippen MR) is 129 cm³/mol. The van der Waals surface area contributed by atoms with Gasteiger partial charge in [0.15, 0.2) is 4.32 Å². The van der Waals surface area contributed by atoms with E-state index in [1.807, 2.05) is 35.0 Å². The van der Waals surface area contributed by atoms with E-state index in [4.69, 9.17) is 12.2 Å². The molecule has 32 heavy (non-hydrogen) atoms. The monoisotopic (exact) mass is 462 g/mol. The number of nitrogens with zero attached hydrogens (tertiary/aromatic N) is 2. The molecule has 1 fully saturated rings. The number of rotatable bonds is 4. The lowest BCUT2D eigenvalue weighted by atomic mass is 10.1. The Morgan fingerprint density at radius 2 is 1.59 bits per heavy atom. The van der Waals surface area contributed by atoms with E-state index in [2.05, 4.69) is 0 Å². The van der Waals surface area contributed by atoms with Gasteiger partial charge in [-0.3, -0.25) is 9.69 Å². The van der Waals surface area contributed by atoms with Crippen molar-refractivity contribution >= 4 is 56.9 Å². The number of para-hydroxylation sites is 2. The van der Waals surface area contributed by atoms with Crippen molar-refractivity contribution in [1.29, 1.82) is 0 Å². The summed E-state index contributed by atoms with van der Waals surface area (Å²) in [5, 5.41) is 0.931. The standard InChI is InChI=1S/C25H16F2N2OS2/c26-19-9-3-1-7-16(19)14-28-15-17(18-8-2-5-11-21(18)28)13-23-24(30)29(25(31)32-23)22-12-6-4-10-20(22)27/h1-13,15H,14H2/b23-13+. The van der Waals surface area contributed by atoms with E-state index in [9.17, 15) is 13.6 Å². The molecule has 0 saturated carbocycles. The van der Waals surface area contributed by atoms with Crippen LogP contribution in [0.15, 0.2) is 83.9 Å². The predicted octanol–water partition coefficient (Wildman–Crippen LogP) is 6.37. The van der Waals surface area contributed by atoms with Crippen LogP contribution in [0.1, 0.15) is 11.1 Å². The Morgan fingerprint density at radius 3 is 2.38 bits per heavy atom. The first kappa shape index (κ1) is 20.6. The van der Waals surface area contributed by atoms with Crippen LogP contribution in [0.3, 0.4) is 0 Å². The molecule has 3 nitrogen and oxygen atoms in total. The quantitative estimate of drug-likeness (QED) is 0.260. The first-order valence-electron chi connectivity index (χ1n) is 9.86. The van der Waals surface area contributed by atoms with Crippen molar-refractivity contribution in [2.24, 2.45) is 0 Å². The number of halogens is 2. The molecule has 0 unspecified atom stereocenters. The number of fused-ring (bicyclic) bond motifs is 1. The van der Waals surface area contributed by atoms with E-state index in [1.54, 1.807) is 36.4 Å². The Morgan fingerprint density at radius 1 is 0.906 bits per heavy atom. The van der Waals surface area contributed by atoms with Crippen molar-refractivity contribution in [2.75, 3.05) is 4.90 Å². The summed E-state index contributed by atoms with van der Waals surface area (Å²) in [6.45, 7) is 0.358. The fraction of sp³-hybridized carbons (Fsp3) is 0.0400. The molecule has 4 aromatic rings. The van der Waals surface area contributed by atoms with Crippen LogP contribution >= 0.6 is 24.0 Å². The Labute approximate surface area is 193 Å². The number of carbonyl (C=O) groups is 1. The lowest BCUT2D eigenvalue weighted by Crippen LogP contribution is -2.28. The summed E-state index contributed by atoms with van der Waals surface area (Å²) in [7, 11) is 0. The van der Waals surface area contributed by atoms with Crippen molar-refractivity contribution in [3.8, 4) is 0 Å². The largest absolute Gasteiger partial charge is 0.342 e. The minimum Gasteiger partial charge on any atom is -0.342 e. The van der Waals surface area contributed by atoms with Gasteiger partial charge >= 0.3 is 0 Å². The minimum absolute atomic E-state index is 0.139. The highest BCUT2D eigenvalue weighted by atomic mass is 32.2. The topological polar surface area (TPSA) is 25.2 Å². The smallest absolute Gasteiger partial charge is 0.270 e. The maximum atomic E-state index is 14.3. The van der Waals surface area contributed by atoms with Crippen molar-refractivity contribution in [3.63, 3.8) is 0 Å². The summed E-state index contributed by atoms with van der Waals surface area (Å²) in [6, 6.07) is 20.5. The number of hydrogen-bond acceptors (Lipinski definition) is 3. The van der Waals surface area contributed by atoms with Crippen molar-refractivity contribution in [2.45, 2.75) is 6.54 Å². The number of amides is 1. The third kappa shape index (κ3) is 3.63. The molecular formula is C25H16F2N2OS2. The van der Waals surface area contributed by atoms with E-state index < -0.39 is 5.82 Å². The van der Waals surface area contributed by atoms with Gasteiger partial charge in [0.25, 0.3) is 5.91 Å². The Balaban J connectivity index is 1.54. The lowest BCUT2D eigenvalue weighted by Gasteiger charge is -2.14. The number of hydrogen-bond donors (Lipinski definition) is 0. The van der Waals surface area contributed by atoms with E-state index in [0.29, 0.717) is 17.0 Å². The summed E-state index contributed by atoms with van der Waals surface area (Å²) in [5.74, 6) is -1.14. The molecule has 1 aromatic heterocycles. The molecule has 1 aliphatic heterocycles. The summed E-state index contributed by atoms with van der Waals surface area (Å²) in [6.07, 6.45) is 3.66. The highest BCUT2D eigenvalue weighted by Gasteiger charge is 2.34. The summed E-state index contributed by atoms with van der Waals surface area (Å²) in [5.41, 5.74) is 2.45. The van der Waals surface area contributed by atoms with Gasteiger partial charge < -0.3 is 4.57 Å². The Bertz CT molecular complexity index is 1410. The highest BCUT2D eigenvalue weighted by Crippen LogP contribution is 2.38. The fourth-order valence-electron chi connectivity index (χ4n) is 3.78. The third-order valence-electron chi connectivity index (χ3n) is 5.29. The van der Waals surface area contributed by atoms with Crippen LogP contribution in [0.4, 0.5) is 14.5 Å². The molecule has 0 spiro atoms. The van der Waals surface area contributed by atoms with Gasteiger partial charge in [0.1, 0.15) is 11.6 Å². The molecule has 0 N–H and O–H groups in total. The van der Waals surface area contributed by atoms with Crippen LogP contribution < -0.4 is 4.90 Å². The van der Waals surface area contributed by atoms with Gasteiger partial charge in [0.05, 0.1) is 17.1 Å². The average Bonchev–Trinajstić information content (AvgIpc) is 3.27. The number of carbonyl (C=O) groups excluding carboxylic acids is 1. The molecule has 1 amide bonds. The zero-order valence-corrected chi connectivity index (χ0v) is 18.3. The van der Waals surface area contributed by atoms with Gasteiger partial charge in [0.2, 0.25) is 0 Å². The molecule has 0 atom stereocenters. The fourth-order valence-corrected chi connectivity index (χ4v) is 5.06. The molecular weight excluding hydrogens is 446 g/mol. The van der Waals surface area contributed by atoms with E-state index in [1.165, 1.54) is 23.1 Å². The summed E-state index contributed by atoms with van der Waals surface area (Å²) in [4.78, 5) is 14.7. The van der Waals surface area contributed by atoms with E-state index in [0.717, 1.165) is 28.2 Å². The third-order valence-corrected chi connectivity index (χ3v) is 6.59. The molecule has 1 saturated heterocycles. The molecule has 1 aliphatic rings. The molecule has 0 radical (unpaired) electrons. The first-order chi connectivity index (χ1) is 15.5. The summed E-state index contributed by atoms with van der Waals surface area (Å²) < 4.78 is 30.7. The molecule has 5 rings (SSSR count). The van der Waals surface area contributed by atoms with Crippen molar-refractivity contribution in [1.82, 2.24) is 4.57 Å². The van der Waals surface area contributed by atoms with Crippen LogP contribution in [-0.4, -0.2) is 14.8 Å². The zero-order valence-electron chi connectivity index (χ0n) is 16.7. The van der Waals surface area contributed by atoms with E-state index in [-0.39, 0.29) is 21.7 Å². The van der Waals surface area contributed by atoms with Crippen LogP contribution in [0.2, 0.25) is 0 Å². The highest BCUT2D eigenvalue weighted by molar-refractivity contribution is 8.27. The van der Waals surface area contributed by atoms with Crippen LogP contribution in [-0.2, 0) is 11.3 Å². The summed E-state index contributed by atoms with van der Waals surface area (Å²) >= 11 is 6.51. The molecule has 3 aromatic carbocycles. The SMILES string of the molecule is O=C1/C(=C\c2cn(Cc3ccccc3F)c3ccccc23)SC(=S)N1c1ccccc1F. The van der Waals surface area contributed by atoms with Crippen molar-refractivity contribution in [3.05, 3.63) is 107 Å². The number of anilines is 1. The zero-order chi connectivity index (χ0) is 22.2. The minimum atomic E-state index is -0.508. The number of thioether (sulfide) groups is 1. The van der Waals surface area contributed by atoms with Crippen LogP contribution in [0, 0.1) is 11.6 Å². The molecule has 0 bridgehead atoms. The first-order valence-corrected chi connectivity index (χ1v) is 11.1. The lowest BCUT2D eigenvalue weighted by molar-refractivity contribution is -0.113.